The Labute approximate surface area is 138 Å². The molecule has 0 aliphatic heterocycles. The molecule has 0 aliphatic rings. The van der Waals surface area contributed by atoms with Crippen molar-refractivity contribution in [1.82, 2.24) is 9.97 Å². The van der Waals surface area contributed by atoms with Crippen LogP contribution in [0, 0.1) is 11.3 Å². The minimum Gasteiger partial charge on any atom is -0.460 e. The SMILES string of the molecule is N#Cc1cccnc1NCCOC(=O)c1cncc2ccccc12. The van der Waals surface area contributed by atoms with E-state index in [0.717, 1.165) is 10.8 Å². The van der Waals surface area contributed by atoms with Gasteiger partial charge in [-0.15, -0.1) is 0 Å². The number of rotatable bonds is 5. The number of nitrogens with zero attached hydrogens (tertiary/aromatic N) is 3. The van der Waals surface area contributed by atoms with Gasteiger partial charge in [-0.2, -0.15) is 5.26 Å². The molecule has 0 saturated carbocycles. The van der Waals surface area contributed by atoms with Gasteiger partial charge in [0.05, 0.1) is 17.7 Å². The third kappa shape index (κ3) is 3.31. The average Bonchev–Trinajstić information content (AvgIpc) is 2.65. The summed E-state index contributed by atoms with van der Waals surface area (Å²) in [6.45, 7) is 0.513. The van der Waals surface area contributed by atoms with Crippen molar-refractivity contribution in [3.05, 3.63) is 66.1 Å². The van der Waals surface area contributed by atoms with E-state index < -0.39 is 5.97 Å². The molecule has 0 amide bonds. The van der Waals surface area contributed by atoms with Gasteiger partial charge in [-0.05, 0) is 17.5 Å². The van der Waals surface area contributed by atoms with Crippen molar-refractivity contribution in [3.63, 3.8) is 0 Å². The van der Waals surface area contributed by atoms with Gasteiger partial charge in [0.1, 0.15) is 18.5 Å². The molecule has 1 N–H and O–H groups in total. The number of nitrogens with one attached hydrogen (secondary N) is 1. The van der Waals surface area contributed by atoms with Crippen LogP contribution in [0.15, 0.2) is 55.0 Å². The maximum absolute atomic E-state index is 12.2. The van der Waals surface area contributed by atoms with E-state index in [4.69, 9.17) is 10.00 Å². The second-order valence-corrected chi connectivity index (χ2v) is 4.98. The monoisotopic (exact) mass is 318 g/mol. The van der Waals surface area contributed by atoms with Crippen LogP contribution in [-0.2, 0) is 4.74 Å². The molecule has 6 heteroatoms. The molecule has 24 heavy (non-hydrogen) atoms. The number of carbonyl (C=O) groups excluding carboxylic acids is 1. The molecular weight excluding hydrogens is 304 g/mol. The van der Waals surface area contributed by atoms with Crippen molar-refractivity contribution < 1.29 is 9.53 Å². The second-order valence-electron chi connectivity index (χ2n) is 4.98. The van der Waals surface area contributed by atoms with Crippen LogP contribution in [0.1, 0.15) is 15.9 Å². The number of hydrogen-bond acceptors (Lipinski definition) is 6. The molecular formula is C18H14N4O2. The fraction of sp³-hybridized carbons (Fsp3) is 0.111. The highest BCUT2D eigenvalue weighted by atomic mass is 16.5. The minimum atomic E-state index is -0.428. The predicted molar refractivity (Wildman–Crippen MR) is 89.5 cm³/mol. The zero-order chi connectivity index (χ0) is 16.8. The van der Waals surface area contributed by atoms with Crippen molar-refractivity contribution in [1.29, 1.82) is 5.26 Å². The number of carbonyl (C=O) groups is 1. The summed E-state index contributed by atoms with van der Waals surface area (Å²) in [6.07, 6.45) is 4.81. The third-order valence-corrected chi connectivity index (χ3v) is 3.44. The highest BCUT2D eigenvalue weighted by Gasteiger charge is 2.11. The maximum Gasteiger partial charge on any atom is 0.340 e. The molecule has 118 valence electrons. The van der Waals surface area contributed by atoms with Crippen LogP contribution in [-0.4, -0.2) is 29.1 Å². The number of nitriles is 1. The average molecular weight is 318 g/mol. The molecule has 0 bridgehead atoms. The van der Waals surface area contributed by atoms with Gasteiger partial charge in [-0.3, -0.25) is 4.98 Å². The van der Waals surface area contributed by atoms with Gasteiger partial charge in [0.2, 0.25) is 0 Å². The Bertz CT molecular complexity index is 913. The smallest absolute Gasteiger partial charge is 0.340 e. The number of aromatic nitrogens is 2. The standard InChI is InChI=1S/C18H14N4O2/c19-10-13-5-3-7-21-17(13)22-8-9-24-18(23)16-12-20-11-14-4-1-2-6-15(14)16/h1-7,11-12H,8-9H2,(H,21,22). The highest BCUT2D eigenvalue weighted by Crippen LogP contribution is 2.17. The summed E-state index contributed by atoms with van der Waals surface area (Å²) >= 11 is 0. The van der Waals surface area contributed by atoms with Gasteiger partial charge in [0.25, 0.3) is 0 Å². The summed E-state index contributed by atoms with van der Waals surface area (Å²) < 4.78 is 5.28. The molecule has 0 fully saturated rings. The van der Waals surface area contributed by atoms with Crippen molar-refractivity contribution in [3.8, 4) is 6.07 Å². The molecule has 2 heterocycles. The summed E-state index contributed by atoms with van der Waals surface area (Å²) in [5.74, 6) is 0.0468. The van der Waals surface area contributed by atoms with Crippen LogP contribution in [0.4, 0.5) is 5.82 Å². The molecule has 0 spiro atoms. The molecule has 2 aromatic heterocycles. The van der Waals surface area contributed by atoms with E-state index in [-0.39, 0.29) is 6.61 Å². The zero-order valence-electron chi connectivity index (χ0n) is 12.8. The summed E-state index contributed by atoms with van der Waals surface area (Å²) in [5, 5.41) is 13.7. The molecule has 1 aromatic carbocycles. The normalized spacial score (nSPS) is 10.1. The van der Waals surface area contributed by atoms with Crippen LogP contribution in [0.5, 0.6) is 0 Å². The van der Waals surface area contributed by atoms with Gasteiger partial charge in [0.15, 0.2) is 0 Å². The number of anilines is 1. The predicted octanol–water partition coefficient (Wildman–Crippen LogP) is 2.77. The highest BCUT2D eigenvalue weighted by molar-refractivity contribution is 6.03. The first-order valence-electron chi connectivity index (χ1n) is 7.38. The molecule has 6 nitrogen and oxygen atoms in total. The van der Waals surface area contributed by atoms with Gasteiger partial charge in [-0.25, -0.2) is 9.78 Å². The van der Waals surface area contributed by atoms with Crippen molar-refractivity contribution in [2.75, 3.05) is 18.5 Å². The van der Waals surface area contributed by atoms with E-state index in [0.29, 0.717) is 23.5 Å². The van der Waals surface area contributed by atoms with Crippen molar-refractivity contribution >= 4 is 22.6 Å². The molecule has 0 saturated heterocycles. The van der Waals surface area contributed by atoms with Gasteiger partial charge in [0, 0.05) is 24.0 Å². The number of ether oxygens (including phenoxy) is 1. The first-order chi connectivity index (χ1) is 11.8. The largest absolute Gasteiger partial charge is 0.460 e. The lowest BCUT2D eigenvalue weighted by molar-refractivity contribution is 0.0522. The zero-order valence-corrected chi connectivity index (χ0v) is 12.8. The van der Waals surface area contributed by atoms with Crippen LogP contribution in [0.25, 0.3) is 10.8 Å². The minimum absolute atomic E-state index is 0.156. The third-order valence-electron chi connectivity index (χ3n) is 3.44. The Morgan fingerprint density at radius 3 is 2.96 bits per heavy atom. The summed E-state index contributed by atoms with van der Waals surface area (Å²) in [6, 6.07) is 12.9. The molecule has 0 unspecified atom stereocenters. The second kappa shape index (κ2) is 7.20. The van der Waals surface area contributed by atoms with Gasteiger partial charge in [-0.1, -0.05) is 24.3 Å². The topological polar surface area (TPSA) is 87.9 Å². The van der Waals surface area contributed by atoms with E-state index in [9.17, 15) is 4.79 Å². The summed E-state index contributed by atoms with van der Waals surface area (Å²) in [5.41, 5.74) is 0.880. The fourth-order valence-electron chi connectivity index (χ4n) is 2.31. The molecule has 3 aromatic rings. The van der Waals surface area contributed by atoms with Crippen LogP contribution < -0.4 is 5.32 Å². The lowest BCUT2D eigenvalue weighted by Crippen LogP contribution is -2.15. The van der Waals surface area contributed by atoms with Crippen molar-refractivity contribution in [2.24, 2.45) is 0 Å². The number of esters is 1. The van der Waals surface area contributed by atoms with E-state index in [1.807, 2.05) is 24.3 Å². The first-order valence-corrected chi connectivity index (χ1v) is 7.38. The number of hydrogen-bond donors (Lipinski definition) is 1. The van der Waals surface area contributed by atoms with Gasteiger partial charge < -0.3 is 10.1 Å². The fourth-order valence-corrected chi connectivity index (χ4v) is 2.31. The van der Waals surface area contributed by atoms with E-state index >= 15 is 0 Å². The Morgan fingerprint density at radius 2 is 2.08 bits per heavy atom. The van der Waals surface area contributed by atoms with Crippen LogP contribution in [0.3, 0.4) is 0 Å². The van der Waals surface area contributed by atoms with E-state index in [1.54, 1.807) is 24.5 Å². The summed E-state index contributed by atoms with van der Waals surface area (Å²) in [4.78, 5) is 20.4. The Kier molecular flexibility index (Phi) is 4.63. The maximum atomic E-state index is 12.2. The molecule has 0 radical (unpaired) electrons. The Hall–Kier alpha value is -3.46. The quantitative estimate of drug-likeness (QED) is 0.575. The van der Waals surface area contributed by atoms with E-state index in [1.165, 1.54) is 6.20 Å². The van der Waals surface area contributed by atoms with Crippen LogP contribution >= 0.6 is 0 Å². The molecule has 3 rings (SSSR count). The van der Waals surface area contributed by atoms with Gasteiger partial charge >= 0.3 is 5.97 Å². The molecule has 0 atom stereocenters. The van der Waals surface area contributed by atoms with Crippen LogP contribution in [0.2, 0.25) is 0 Å². The lowest BCUT2D eigenvalue weighted by atomic mass is 10.1. The molecule has 0 aliphatic carbocycles. The number of pyridine rings is 2. The summed E-state index contributed by atoms with van der Waals surface area (Å²) in [7, 11) is 0. The van der Waals surface area contributed by atoms with Crippen molar-refractivity contribution in [2.45, 2.75) is 0 Å². The Morgan fingerprint density at radius 1 is 1.21 bits per heavy atom. The van der Waals surface area contributed by atoms with E-state index in [2.05, 4.69) is 21.4 Å². The first kappa shape index (κ1) is 15.4. The Balaban J connectivity index is 1.61. The number of fused-ring (bicyclic) bond motifs is 1. The lowest BCUT2D eigenvalue weighted by Gasteiger charge is -2.09. The number of benzene rings is 1.